The standard InChI is InChI=1S/C21H21ClNOP/c1-2-21(17-10-9-11-18(22)16-17)23-25(24,19-12-5-3-6-13-19)20-14-7-4-8-15-20/h3-16,21H,2H2,1H3,(H,23,24). The van der Waals surface area contributed by atoms with Crippen LogP contribution in [0.1, 0.15) is 24.9 Å². The minimum Gasteiger partial charge on any atom is -0.297 e. The van der Waals surface area contributed by atoms with E-state index >= 15 is 0 Å². The lowest BCUT2D eigenvalue weighted by molar-refractivity contribution is 0.555. The molecule has 3 aromatic rings. The molecule has 0 fully saturated rings. The summed E-state index contributed by atoms with van der Waals surface area (Å²) < 4.78 is 14.1. The molecule has 0 heterocycles. The molecule has 0 amide bonds. The van der Waals surface area contributed by atoms with Crippen molar-refractivity contribution in [2.45, 2.75) is 19.4 Å². The molecule has 0 radical (unpaired) electrons. The smallest absolute Gasteiger partial charge is 0.205 e. The van der Waals surface area contributed by atoms with Gasteiger partial charge in [0.1, 0.15) is 0 Å². The summed E-state index contributed by atoms with van der Waals surface area (Å²) in [5.41, 5.74) is 1.04. The molecule has 0 aliphatic heterocycles. The maximum Gasteiger partial charge on any atom is 0.205 e. The zero-order valence-electron chi connectivity index (χ0n) is 14.1. The molecule has 128 valence electrons. The zero-order valence-corrected chi connectivity index (χ0v) is 15.8. The molecule has 0 aromatic heterocycles. The molecule has 25 heavy (non-hydrogen) atoms. The minimum atomic E-state index is -2.97. The Balaban J connectivity index is 2.05. The van der Waals surface area contributed by atoms with Gasteiger partial charge in [-0.1, -0.05) is 67.1 Å². The average Bonchev–Trinajstić information content (AvgIpc) is 2.67. The molecule has 0 aliphatic carbocycles. The van der Waals surface area contributed by atoms with Crippen LogP contribution in [0.25, 0.3) is 0 Å². The van der Waals surface area contributed by atoms with Gasteiger partial charge in [-0.3, -0.25) is 9.65 Å². The molecule has 1 unspecified atom stereocenters. The molecular weight excluding hydrogens is 349 g/mol. The third kappa shape index (κ3) is 4.04. The summed E-state index contributed by atoms with van der Waals surface area (Å²) in [6.07, 6.45) is 0.810. The quantitative estimate of drug-likeness (QED) is 0.596. The Morgan fingerprint density at radius 1 is 0.880 bits per heavy atom. The summed E-state index contributed by atoms with van der Waals surface area (Å²) in [7, 11) is -2.97. The van der Waals surface area contributed by atoms with E-state index in [1.54, 1.807) is 0 Å². The molecule has 1 atom stereocenters. The minimum absolute atomic E-state index is 0.0510. The monoisotopic (exact) mass is 369 g/mol. The number of nitrogens with one attached hydrogen (secondary N) is 1. The van der Waals surface area contributed by atoms with Crippen LogP contribution in [-0.4, -0.2) is 0 Å². The van der Waals surface area contributed by atoms with Gasteiger partial charge in [-0.05, 0) is 48.4 Å². The normalized spacial score (nSPS) is 12.7. The van der Waals surface area contributed by atoms with Crippen molar-refractivity contribution in [2.24, 2.45) is 0 Å². The highest BCUT2D eigenvalue weighted by molar-refractivity contribution is 7.76. The van der Waals surface area contributed by atoms with Crippen molar-refractivity contribution >= 4 is 29.5 Å². The van der Waals surface area contributed by atoms with Gasteiger partial charge in [-0.2, -0.15) is 0 Å². The average molecular weight is 370 g/mol. The van der Waals surface area contributed by atoms with Crippen LogP contribution in [0.3, 0.4) is 0 Å². The topological polar surface area (TPSA) is 29.1 Å². The third-order valence-corrected chi connectivity index (χ3v) is 7.20. The SMILES string of the molecule is CCC(NP(=O)(c1ccccc1)c1ccccc1)c1cccc(Cl)c1. The fourth-order valence-electron chi connectivity index (χ4n) is 2.92. The van der Waals surface area contributed by atoms with Crippen molar-refractivity contribution in [1.29, 1.82) is 0 Å². The third-order valence-electron chi connectivity index (χ3n) is 4.24. The Bertz CT molecular complexity index is 824. The first kappa shape index (κ1) is 17.9. The van der Waals surface area contributed by atoms with Gasteiger partial charge in [0, 0.05) is 21.7 Å². The molecule has 0 aliphatic rings. The first-order valence-corrected chi connectivity index (χ1v) is 10.5. The Labute approximate surface area is 154 Å². The van der Waals surface area contributed by atoms with Crippen LogP contribution < -0.4 is 15.7 Å². The Kier molecular flexibility index (Phi) is 5.75. The fourth-order valence-corrected chi connectivity index (χ4v) is 5.67. The second-order valence-electron chi connectivity index (χ2n) is 5.93. The van der Waals surface area contributed by atoms with Crippen LogP contribution in [0, 0.1) is 0 Å². The highest BCUT2D eigenvalue weighted by atomic mass is 35.5. The van der Waals surface area contributed by atoms with Crippen LogP contribution in [0.15, 0.2) is 84.9 Å². The first-order chi connectivity index (χ1) is 12.1. The van der Waals surface area contributed by atoms with Crippen molar-refractivity contribution < 1.29 is 4.57 Å². The van der Waals surface area contributed by atoms with Gasteiger partial charge in [0.2, 0.25) is 7.29 Å². The van der Waals surface area contributed by atoms with Crippen LogP contribution in [0.2, 0.25) is 5.02 Å². The van der Waals surface area contributed by atoms with Gasteiger partial charge in [0.05, 0.1) is 0 Å². The van der Waals surface area contributed by atoms with E-state index in [-0.39, 0.29) is 6.04 Å². The number of halogens is 1. The lowest BCUT2D eigenvalue weighted by Crippen LogP contribution is -2.30. The maximum absolute atomic E-state index is 14.1. The van der Waals surface area contributed by atoms with Gasteiger partial charge < -0.3 is 0 Å². The predicted octanol–water partition coefficient (Wildman–Crippen LogP) is 5.31. The summed E-state index contributed by atoms with van der Waals surface area (Å²) >= 11 is 6.15. The second-order valence-corrected chi connectivity index (χ2v) is 8.87. The number of benzene rings is 3. The van der Waals surface area contributed by atoms with Crippen molar-refractivity contribution in [3.63, 3.8) is 0 Å². The number of hydrogen-bond acceptors (Lipinski definition) is 1. The molecule has 1 N–H and O–H groups in total. The van der Waals surface area contributed by atoms with E-state index in [0.29, 0.717) is 5.02 Å². The Morgan fingerprint density at radius 3 is 1.92 bits per heavy atom. The summed E-state index contributed by atoms with van der Waals surface area (Å²) in [5, 5.41) is 5.75. The lowest BCUT2D eigenvalue weighted by Gasteiger charge is -2.27. The van der Waals surface area contributed by atoms with Gasteiger partial charge in [-0.15, -0.1) is 0 Å². The molecule has 4 heteroatoms. The zero-order chi connectivity index (χ0) is 17.7. The number of rotatable bonds is 6. The highest BCUT2D eigenvalue weighted by Crippen LogP contribution is 2.42. The van der Waals surface area contributed by atoms with E-state index in [4.69, 9.17) is 11.6 Å². The summed E-state index contributed by atoms with van der Waals surface area (Å²) in [5.74, 6) is 0. The van der Waals surface area contributed by atoms with Crippen molar-refractivity contribution in [2.75, 3.05) is 0 Å². The second kappa shape index (κ2) is 8.01. The largest absolute Gasteiger partial charge is 0.297 e. The molecule has 0 bridgehead atoms. The van der Waals surface area contributed by atoms with Crippen molar-refractivity contribution in [3.8, 4) is 0 Å². The van der Waals surface area contributed by atoms with E-state index in [1.165, 1.54) is 0 Å². The van der Waals surface area contributed by atoms with Gasteiger partial charge in [0.25, 0.3) is 0 Å². The van der Waals surface area contributed by atoms with E-state index in [2.05, 4.69) is 12.0 Å². The maximum atomic E-state index is 14.1. The van der Waals surface area contributed by atoms with Crippen LogP contribution in [0.5, 0.6) is 0 Å². The van der Waals surface area contributed by atoms with Crippen LogP contribution in [0.4, 0.5) is 0 Å². The molecule has 0 saturated heterocycles. The molecule has 0 spiro atoms. The van der Waals surface area contributed by atoms with Gasteiger partial charge in [-0.25, -0.2) is 0 Å². The van der Waals surface area contributed by atoms with E-state index in [1.807, 2.05) is 84.9 Å². The summed E-state index contributed by atoms with van der Waals surface area (Å²) in [6.45, 7) is 2.08. The predicted molar refractivity (Wildman–Crippen MR) is 107 cm³/mol. The molecule has 3 rings (SSSR count). The summed E-state index contributed by atoms with van der Waals surface area (Å²) in [4.78, 5) is 0. The highest BCUT2D eigenvalue weighted by Gasteiger charge is 2.30. The van der Waals surface area contributed by atoms with Crippen molar-refractivity contribution in [3.05, 3.63) is 95.5 Å². The summed E-state index contributed by atoms with van der Waals surface area (Å²) in [6, 6.07) is 26.9. The lowest BCUT2D eigenvalue weighted by atomic mass is 10.1. The van der Waals surface area contributed by atoms with Gasteiger partial charge in [0.15, 0.2) is 0 Å². The van der Waals surface area contributed by atoms with E-state index in [9.17, 15) is 4.57 Å². The van der Waals surface area contributed by atoms with E-state index < -0.39 is 7.29 Å². The molecule has 2 nitrogen and oxygen atoms in total. The fraction of sp³-hybridized carbons (Fsp3) is 0.143. The van der Waals surface area contributed by atoms with Gasteiger partial charge >= 0.3 is 0 Å². The first-order valence-electron chi connectivity index (χ1n) is 8.38. The molecule has 0 saturated carbocycles. The Morgan fingerprint density at radius 2 is 1.44 bits per heavy atom. The number of hydrogen-bond donors (Lipinski definition) is 1. The van der Waals surface area contributed by atoms with Crippen LogP contribution in [-0.2, 0) is 4.57 Å². The molecular formula is C21H21ClNOP. The van der Waals surface area contributed by atoms with Crippen LogP contribution >= 0.6 is 18.9 Å². The Hall–Kier alpha value is -1.86. The van der Waals surface area contributed by atoms with E-state index in [0.717, 1.165) is 22.6 Å². The molecule has 3 aromatic carbocycles. The van der Waals surface area contributed by atoms with Crippen molar-refractivity contribution in [1.82, 2.24) is 5.09 Å².